The first-order chi connectivity index (χ1) is 26.3. The van der Waals surface area contributed by atoms with Gasteiger partial charge in [-0.1, -0.05) is 0 Å². The smallest absolute Gasteiger partial charge is 0.410 e. The summed E-state index contributed by atoms with van der Waals surface area (Å²) in [5.41, 5.74) is 6.81. The zero-order chi connectivity index (χ0) is 38.8. The van der Waals surface area contributed by atoms with E-state index in [4.69, 9.17) is 4.74 Å². The molecule has 2 spiro atoms. The Labute approximate surface area is 329 Å². The number of hydrogen-bond acceptors (Lipinski definition) is 9. The second kappa shape index (κ2) is 16.3. The van der Waals surface area contributed by atoms with E-state index >= 15 is 0 Å². The van der Waals surface area contributed by atoms with Crippen LogP contribution in [0, 0.1) is 33.5 Å². The summed E-state index contributed by atoms with van der Waals surface area (Å²) in [5, 5.41) is 30.0. The van der Waals surface area contributed by atoms with Gasteiger partial charge in [0.1, 0.15) is 5.60 Å². The molecule has 6 fully saturated rings. The molecule has 2 saturated carbocycles. The standard InChI is InChI=1S/C25H36N4O2.C20H28N4/c1-24(2,3)31-23(30)29-12-9-25(17-29)14-21(15-25)27-20-6-5-19(16-26)22(13-20)18-7-10-28(4)11-8-18;1-24-8-4-15(5-9-24)19-10-17(3-2-16(19)13-21)23-18-11-20(12-18)6-7-22-14-20/h5-6,13,18,21,27H,7-12,14-15,17H2,1-4H3;2-3,10,15,18,22-23H,4-9,11-12,14H2,1H3. The molecule has 10 nitrogen and oxygen atoms in total. The Morgan fingerprint density at radius 3 is 1.69 bits per heavy atom. The van der Waals surface area contributed by atoms with Crippen LogP contribution >= 0.6 is 0 Å². The number of ether oxygens (including phenoxy) is 1. The summed E-state index contributed by atoms with van der Waals surface area (Å²) in [6.45, 7) is 14.2. The summed E-state index contributed by atoms with van der Waals surface area (Å²) in [4.78, 5) is 19.0. The highest BCUT2D eigenvalue weighted by atomic mass is 16.6. The lowest BCUT2D eigenvalue weighted by atomic mass is 9.65. The fourth-order valence-corrected chi connectivity index (χ4v) is 10.4. The molecule has 10 heteroatoms. The molecular formula is C45H64N8O2. The minimum atomic E-state index is -0.447. The first-order valence-corrected chi connectivity index (χ1v) is 21.0. The molecule has 4 saturated heterocycles. The molecule has 2 aromatic rings. The summed E-state index contributed by atoms with van der Waals surface area (Å²) < 4.78 is 5.55. The maximum absolute atomic E-state index is 12.4. The first-order valence-electron chi connectivity index (χ1n) is 21.0. The lowest BCUT2D eigenvalue weighted by Gasteiger charge is -2.46. The zero-order valence-corrected chi connectivity index (χ0v) is 34.1. The van der Waals surface area contributed by atoms with Crippen LogP contribution in [0.25, 0.3) is 0 Å². The molecule has 0 unspecified atom stereocenters. The molecule has 3 N–H and O–H groups in total. The van der Waals surface area contributed by atoms with Gasteiger partial charge in [-0.15, -0.1) is 0 Å². The van der Waals surface area contributed by atoms with Gasteiger partial charge in [0.25, 0.3) is 0 Å². The number of benzene rings is 2. The maximum atomic E-state index is 12.4. The molecule has 6 aliphatic rings. The topological polar surface area (TPSA) is 120 Å². The molecule has 55 heavy (non-hydrogen) atoms. The molecule has 296 valence electrons. The van der Waals surface area contributed by atoms with Crippen LogP contribution in [0.15, 0.2) is 36.4 Å². The highest BCUT2D eigenvalue weighted by Crippen LogP contribution is 2.50. The molecule has 4 aliphatic heterocycles. The number of hydrogen-bond donors (Lipinski definition) is 3. The Morgan fingerprint density at radius 2 is 1.25 bits per heavy atom. The summed E-state index contributed by atoms with van der Waals surface area (Å²) in [6.07, 6.45) is 11.5. The SMILES string of the molecule is CN1CCC(c2cc(NC3CC4(CCN(C(=O)OC(C)(C)C)C4)C3)ccc2C#N)CC1.CN1CCC(c2cc(NC3CC4(CCNC4)C3)ccc2C#N)CC1. The van der Waals surface area contributed by atoms with Gasteiger partial charge in [-0.3, -0.25) is 0 Å². The Morgan fingerprint density at radius 1 is 0.764 bits per heavy atom. The van der Waals surface area contributed by atoms with Crippen molar-refractivity contribution in [3.63, 3.8) is 0 Å². The normalized spacial score (nSPS) is 28.7. The van der Waals surface area contributed by atoms with Crippen LogP contribution in [0.1, 0.15) is 119 Å². The van der Waals surface area contributed by atoms with Crippen LogP contribution in [-0.2, 0) is 4.74 Å². The van der Waals surface area contributed by atoms with Gasteiger partial charge < -0.3 is 35.4 Å². The predicted molar refractivity (Wildman–Crippen MR) is 219 cm³/mol. The van der Waals surface area contributed by atoms with Crippen molar-refractivity contribution < 1.29 is 9.53 Å². The van der Waals surface area contributed by atoms with Crippen LogP contribution in [0.4, 0.5) is 16.2 Å². The number of nitrogens with zero attached hydrogens (tertiary/aromatic N) is 5. The second-order valence-corrected chi connectivity index (χ2v) is 19.1. The van der Waals surface area contributed by atoms with Gasteiger partial charge in [0.15, 0.2) is 0 Å². The van der Waals surface area contributed by atoms with Crippen molar-refractivity contribution in [3.05, 3.63) is 58.7 Å². The van der Waals surface area contributed by atoms with Crippen LogP contribution < -0.4 is 16.0 Å². The third-order valence-electron chi connectivity index (χ3n) is 13.5. The van der Waals surface area contributed by atoms with E-state index in [-0.39, 0.29) is 11.5 Å². The molecule has 8 rings (SSSR count). The molecule has 0 aromatic heterocycles. The van der Waals surface area contributed by atoms with Gasteiger partial charge >= 0.3 is 6.09 Å². The van der Waals surface area contributed by atoms with Gasteiger partial charge in [0.2, 0.25) is 0 Å². The van der Waals surface area contributed by atoms with E-state index in [2.05, 4.69) is 70.2 Å². The zero-order valence-electron chi connectivity index (χ0n) is 34.1. The van der Waals surface area contributed by atoms with Crippen LogP contribution in [0.2, 0.25) is 0 Å². The minimum Gasteiger partial charge on any atom is -0.444 e. The second-order valence-electron chi connectivity index (χ2n) is 19.1. The number of amides is 1. The Hall–Kier alpha value is -3.83. The fourth-order valence-electron chi connectivity index (χ4n) is 10.4. The van der Waals surface area contributed by atoms with E-state index < -0.39 is 5.60 Å². The van der Waals surface area contributed by atoms with E-state index in [1.807, 2.05) is 43.9 Å². The molecule has 1 amide bonds. The average Bonchev–Trinajstić information content (AvgIpc) is 3.81. The van der Waals surface area contributed by atoms with Gasteiger partial charge in [0, 0.05) is 43.1 Å². The molecule has 0 radical (unpaired) electrons. The first kappa shape index (κ1) is 39.4. The number of piperidine rings is 2. The van der Waals surface area contributed by atoms with Crippen molar-refractivity contribution in [1.82, 2.24) is 20.0 Å². The van der Waals surface area contributed by atoms with Gasteiger partial charge in [-0.25, -0.2) is 4.79 Å². The van der Waals surface area contributed by atoms with Crippen molar-refractivity contribution in [1.29, 1.82) is 10.5 Å². The van der Waals surface area contributed by atoms with Crippen LogP contribution in [-0.4, -0.2) is 105 Å². The average molecular weight is 749 g/mol. The monoisotopic (exact) mass is 749 g/mol. The minimum absolute atomic E-state index is 0.185. The summed E-state index contributed by atoms with van der Waals surface area (Å²) in [7, 11) is 4.35. The van der Waals surface area contributed by atoms with E-state index in [9.17, 15) is 15.3 Å². The number of carbonyl (C=O) groups is 1. The van der Waals surface area contributed by atoms with Crippen LogP contribution in [0.5, 0.6) is 0 Å². The number of nitriles is 2. The lowest BCUT2D eigenvalue weighted by molar-refractivity contribution is 0.0237. The molecule has 2 aliphatic carbocycles. The highest BCUT2D eigenvalue weighted by molar-refractivity contribution is 5.68. The lowest BCUT2D eigenvalue weighted by Crippen LogP contribution is -2.47. The van der Waals surface area contributed by atoms with Gasteiger partial charge in [-0.05, 0) is 202 Å². The van der Waals surface area contributed by atoms with Crippen LogP contribution in [0.3, 0.4) is 0 Å². The maximum Gasteiger partial charge on any atom is 0.410 e. The number of rotatable bonds is 6. The quantitative estimate of drug-likeness (QED) is 0.276. The van der Waals surface area contributed by atoms with E-state index in [1.165, 1.54) is 49.2 Å². The third-order valence-corrected chi connectivity index (χ3v) is 13.5. The van der Waals surface area contributed by atoms with Crippen molar-refractivity contribution in [2.45, 2.75) is 114 Å². The fraction of sp³-hybridized carbons (Fsp3) is 0.667. The highest BCUT2D eigenvalue weighted by Gasteiger charge is 2.50. The molecular weight excluding hydrogens is 685 g/mol. The Balaban J connectivity index is 0.000000174. The molecule has 0 bridgehead atoms. The number of nitrogens with one attached hydrogen (secondary N) is 3. The van der Waals surface area contributed by atoms with E-state index in [0.717, 1.165) is 101 Å². The third kappa shape index (κ3) is 9.42. The molecule has 0 atom stereocenters. The van der Waals surface area contributed by atoms with Crippen molar-refractivity contribution in [3.8, 4) is 12.1 Å². The summed E-state index contributed by atoms with van der Waals surface area (Å²) >= 11 is 0. The van der Waals surface area contributed by atoms with Crippen molar-refractivity contribution in [2.75, 3.05) is 77.1 Å². The Bertz CT molecular complexity index is 1740. The molecule has 2 aromatic carbocycles. The number of anilines is 2. The van der Waals surface area contributed by atoms with Gasteiger partial charge in [0.05, 0.1) is 23.3 Å². The van der Waals surface area contributed by atoms with Crippen molar-refractivity contribution >= 4 is 17.5 Å². The predicted octanol–water partition coefficient (Wildman–Crippen LogP) is 7.49. The van der Waals surface area contributed by atoms with E-state index in [0.29, 0.717) is 29.3 Å². The number of carbonyl (C=O) groups excluding carboxylic acids is 1. The largest absolute Gasteiger partial charge is 0.444 e. The van der Waals surface area contributed by atoms with E-state index in [1.54, 1.807) is 0 Å². The van der Waals surface area contributed by atoms with Crippen molar-refractivity contribution in [2.24, 2.45) is 10.8 Å². The van der Waals surface area contributed by atoms with Gasteiger partial charge in [-0.2, -0.15) is 10.5 Å². The summed E-state index contributed by atoms with van der Waals surface area (Å²) in [5.74, 6) is 1.00. The Kier molecular flexibility index (Phi) is 11.7. The number of likely N-dealkylation sites (tertiary alicyclic amines) is 3. The summed E-state index contributed by atoms with van der Waals surface area (Å²) in [6, 6.07) is 18.4. The molecule has 4 heterocycles.